The number of ketones is 1. The third-order valence-electron chi connectivity index (χ3n) is 6.15. The van der Waals surface area contributed by atoms with Gasteiger partial charge in [0.05, 0.1) is 25.3 Å². The highest BCUT2D eigenvalue weighted by molar-refractivity contribution is 6.01. The number of Topliss-reactive ketones (excluding diaryl/α,β-unsaturated/α-hetero) is 1. The van der Waals surface area contributed by atoms with Gasteiger partial charge in [0.25, 0.3) is 5.91 Å². The van der Waals surface area contributed by atoms with E-state index in [0.29, 0.717) is 49.1 Å². The molecule has 8 nitrogen and oxygen atoms in total. The van der Waals surface area contributed by atoms with Gasteiger partial charge in [-0.15, -0.1) is 0 Å². The molecule has 1 saturated heterocycles. The molecule has 0 bridgehead atoms. The number of amides is 1. The van der Waals surface area contributed by atoms with Crippen molar-refractivity contribution in [3.63, 3.8) is 0 Å². The van der Waals surface area contributed by atoms with Crippen LogP contribution in [0.25, 0.3) is 0 Å². The lowest BCUT2D eigenvalue weighted by Gasteiger charge is -2.38. The molecule has 1 fully saturated rings. The van der Waals surface area contributed by atoms with Gasteiger partial charge in [-0.2, -0.15) is 10.1 Å². The summed E-state index contributed by atoms with van der Waals surface area (Å²) in [5, 5.41) is 4.48. The second kappa shape index (κ2) is 8.99. The van der Waals surface area contributed by atoms with Crippen molar-refractivity contribution >= 4 is 17.6 Å². The second-order valence-corrected chi connectivity index (χ2v) is 8.10. The molecule has 1 atom stereocenters. The molecule has 2 aliphatic rings. The molecule has 2 aromatic carbocycles. The Balaban J connectivity index is 1.60. The number of ether oxygens (including phenoxy) is 1. The quantitative estimate of drug-likeness (QED) is 0.564. The summed E-state index contributed by atoms with van der Waals surface area (Å²) >= 11 is 0. The van der Waals surface area contributed by atoms with Crippen molar-refractivity contribution in [1.82, 2.24) is 19.7 Å². The Morgan fingerprint density at radius 2 is 1.67 bits per heavy atom. The van der Waals surface area contributed by atoms with Crippen molar-refractivity contribution in [2.75, 3.05) is 37.7 Å². The van der Waals surface area contributed by atoms with E-state index in [1.165, 1.54) is 6.33 Å². The third-order valence-corrected chi connectivity index (χ3v) is 6.15. The highest BCUT2D eigenvalue weighted by Crippen LogP contribution is 2.38. The van der Waals surface area contributed by atoms with Gasteiger partial charge in [0.2, 0.25) is 5.95 Å². The number of aromatic nitrogens is 3. The van der Waals surface area contributed by atoms with Crippen molar-refractivity contribution in [1.29, 1.82) is 0 Å². The van der Waals surface area contributed by atoms with Gasteiger partial charge in [-0.05, 0) is 12.5 Å². The van der Waals surface area contributed by atoms with Crippen LogP contribution in [0.1, 0.15) is 28.9 Å². The number of carbonyl (C=O) groups is 2. The Kier molecular flexibility index (Phi) is 5.75. The number of anilines is 1. The molecule has 3 heterocycles. The topological polar surface area (TPSA) is 80.6 Å². The van der Waals surface area contributed by atoms with Crippen molar-refractivity contribution in [2.24, 2.45) is 0 Å². The first-order chi connectivity index (χ1) is 16.1. The molecular formula is C25H25N5O3. The maximum Gasteiger partial charge on any atom is 0.254 e. The van der Waals surface area contributed by atoms with Crippen molar-refractivity contribution in [3.05, 3.63) is 89.4 Å². The molecule has 8 heteroatoms. The van der Waals surface area contributed by atoms with E-state index in [0.717, 1.165) is 5.56 Å². The highest BCUT2D eigenvalue weighted by Gasteiger charge is 2.39. The minimum Gasteiger partial charge on any atom is -0.378 e. The van der Waals surface area contributed by atoms with Crippen LogP contribution in [0.5, 0.6) is 0 Å². The molecule has 2 aliphatic heterocycles. The number of allylic oxidation sites excluding steroid dienone is 1. The molecule has 0 aliphatic carbocycles. The standard InChI is InChI=1S/C25H25N5O3/c1-18-22(24(32)28-12-14-33-15-13-28)23(20-10-6-3-7-11-20)30-25(26-17-27-30)29(18)16-21(31)19-8-4-2-5-9-19/h2-11,17,23H,12-16H2,1H3. The lowest BCUT2D eigenvalue weighted by atomic mass is 9.93. The molecule has 0 saturated carbocycles. The summed E-state index contributed by atoms with van der Waals surface area (Å²) in [6.45, 7) is 4.04. The molecule has 1 unspecified atom stereocenters. The van der Waals surface area contributed by atoms with Gasteiger partial charge >= 0.3 is 0 Å². The zero-order valence-electron chi connectivity index (χ0n) is 18.4. The van der Waals surface area contributed by atoms with Crippen LogP contribution in [-0.2, 0) is 9.53 Å². The van der Waals surface area contributed by atoms with Gasteiger partial charge in [0.1, 0.15) is 12.4 Å². The summed E-state index contributed by atoms with van der Waals surface area (Å²) < 4.78 is 7.19. The number of rotatable bonds is 5. The number of benzene rings is 2. The lowest BCUT2D eigenvalue weighted by molar-refractivity contribution is -0.131. The van der Waals surface area contributed by atoms with Crippen LogP contribution in [0, 0.1) is 0 Å². The molecule has 3 aromatic rings. The Morgan fingerprint density at radius 1 is 1.00 bits per heavy atom. The summed E-state index contributed by atoms with van der Waals surface area (Å²) in [6, 6.07) is 18.5. The number of fused-ring (bicyclic) bond motifs is 1. The fourth-order valence-electron chi connectivity index (χ4n) is 4.43. The van der Waals surface area contributed by atoms with Crippen LogP contribution >= 0.6 is 0 Å². The summed E-state index contributed by atoms with van der Waals surface area (Å²) in [4.78, 5) is 35.0. The third kappa shape index (κ3) is 3.93. The molecule has 0 radical (unpaired) electrons. The van der Waals surface area contributed by atoms with Crippen molar-refractivity contribution < 1.29 is 14.3 Å². The summed E-state index contributed by atoms with van der Waals surface area (Å²) in [7, 11) is 0. The van der Waals surface area contributed by atoms with E-state index in [9.17, 15) is 9.59 Å². The Bertz CT molecular complexity index is 1180. The molecule has 0 spiro atoms. The molecule has 1 aromatic heterocycles. The smallest absolute Gasteiger partial charge is 0.254 e. The molecule has 0 N–H and O–H groups in total. The molecule has 33 heavy (non-hydrogen) atoms. The molecular weight excluding hydrogens is 418 g/mol. The van der Waals surface area contributed by atoms with Crippen LogP contribution in [0.15, 0.2) is 78.3 Å². The van der Waals surface area contributed by atoms with Gasteiger partial charge in [0, 0.05) is 24.4 Å². The molecule has 1 amide bonds. The van der Waals surface area contributed by atoms with Gasteiger partial charge in [0.15, 0.2) is 5.78 Å². The first-order valence-electron chi connectivity index (χ1n) is 11.0. The lowest BCUT2D eigenvalue weighted by Crippen LogP contribution is -2.46. The Hall–Kier alpha value is -3.78. The van der Waals surface area contributed by atoms with Crippen molar-refractivity contribution in [3.8, 4) is 0 Å². The van der Waals surface area contributed by atoms with Gasteiger partial charge < -0.3 is 14.5 Å². The molecule has 5 rings (SSSR count). The highest BCUT2D eigenvalue weighted by atomic mass is 16.5. The van der Waals surface area contributed by atoms with Crippen LogP contribution in [0.4, 0.5) is 5.95 Å². The predicted octanol–water partition coefficient (Wildman–Crippen LogP) is 2.70. The average Bonchev–Trinajstić information content (AvgIpc) is 3.36. The van der Waals surface area contributed by atoms with Crippen LogP contribution in [0.3, 0.4) is 0 Å². The zero-order chi connectivity index (χ0) is 22.8. The van der Waals surface area contributed by atoms with Crippen LogP contribution in [-0.4, -0.2) is 64.2 Å². The van der Waals surface area contributed by atoms with Crippen LogP contribution < -0.4 is 4.90 Å². The van der Waals surface area contributed by atoms with E-state index in [1.54, 1.807) is 21.7 Å². The van der Waals surface area contributed by atoms with Crippen molar-refractivity contribution in [2.45, 2.75) is 13.0 Å². The fourth-order valence-corrected chi connectivity index (χ4v) is 4.43. The Labute approximate surface area is 192 Å². The van der Waals surface area contributed by atoms with E-state index >= 15 is 0 Å². The number of nitrogens with zero attached hydrogens (tertiary/aromatic N) is 5. The molecule has 168 valence electrons. The fraction of sp³-hybridized carbons (Fsp3) is 0.280. The number of hydrogen-bond donors (Lipinski definition) is 0. The zero-order valence-corrected chi connectivity index (χ0v) is 18.4. The minimum absolute atomic E-state index is 0.0548. The van der Waals surface area contributed by atoms with E-state index in [2.05, 4.69) is 10.1 Å². The van der Waals surface area contributed by atoms with E-state index < -0.39 is 6.04 Å². The summed E-state index contributed by atoms with van der Waals surface area (Å²) in [5.74, 6) is 0.424. The normalized spacial score (nSPS) is 18.3. The maximum absolute atomic E-state index is 13.8. The second-order valence-electron chi connectivity index (χ2n) is 8.10. The minimum atomic E-state index is -0.429. The average molecular weight is 444 g/mol. The number of morpholine rings is 1. The first kappa shape index (κ1) is 21.1. The summed E-state index contributed by atoms with van der Waals surface area (Å²) in [5.41, 5.74) is 2.86. The van der Waals surface area contributed by atoms with E-state index in [4.69, 9.17) is 4.74 Å². The number of hydrogen-bond acceptors (Lipinski definition) is 6. The number of carbonyl (C=O) groups excluding carboxylic acids is 2. The van der Waals surface area contributed by atoms with Gasteiger partial charge in [-0.25, -0.2) is 4.68 Å². The van der Waals surface area contributed by atoms with Gasteiger partial charge in [-0.3, -0.25) is 9.59 Å². The summed E-state index contributed by atoms with van der Waals surface area (Å²) in [6.07, 6.45) is 1.47. The SMILES string of the molecule is CC1=C(C(=O)N2CCOCC2)C(c2ccccc2)n2ncnc2N1CC(=O)c1ccccc1. The van der Waals surface area contributed by atoms with E-state index in [1.807, 2.05) is 60.4 Å². The largest absolute Gasteiger partial charge is 0.378 e. The Morgan fingerprint density at radius 3 is 2.36 bits per heavy atom. The monoisotopic (exact) mass is 443 g/mol. The predicted molar refractivity (Wildman–Crippen MR) is 123 cm³/mol. The van der Waals surface area contributed by atoms with Gasteiger partial charge in [-0.1, -0.05) is 60.7 Å². The first-order valence-corrected chi connectivity index (χ1v) is 11.0. The maximum atomic E-state index is 13.8. The van der Waals surface area contributed by atoms with E-state index in [-0.39, 0.29) is 18.2 Å². The van der Waals surface area contributed by atoms with Crippen LogP contribution in [0.2, 0.25) is 0 Å².